The number of benzene rings is 1. The van der Waals surface area contributed by atoms with E-state index in [2.05, 4.69) is 31.2 Å². The summed E-state index contributed by atoms with van der Waals surface area (Å²) in [6.45, 7) is 2.07. The van der Waals surface area contributed by atoms with Gasteiger partial charge in [0, 0.05) is 0 Å². The Morgan fingerprint density at radius 3 is 2.53 bits per heavy atom. The molecule has 0 aliphatic heterocycles. The van der Waals surface area contributed by atoms with Crippen molar-refractivity contribution in [1.82, 2.24) is 0 Å². The highest BCUT2D eigenvalue weighted by atomic mass is 16.3. The van der Waals surface area contributed by atoms with Gasteiger partial charge in [0.2, 0.25) is 0 Å². The highest BCUT2D eigenvalue weighted by molar-refractivity contribution is 5.75. The first-order valence-corrected chi connectivity index (χ1v) is 5.07. The number of rotatable bonds is 1. The van der Waals surface area contributed by atoms with E-state index in [-0.39, 0.29) is 0 Å². The van der Waals surface area contributed by atoms with Crippen LogP contribution in [0.5, 0.6) is 0 Å². The molecular weight excluding hydrogens is 184 g/mol. The number of aliphatic hydroxyl groups is 1. The summed E-state index contributed by atoms with van der Waals surface area (Å²) in [6.07, 6.45) is 8.94. The van der Waals surface area contributed by atoms with Gasteiger partial charge < -0.3 is 5.11 Å². The lowest BCUT2D eigenvalue weighted by atomic mass is 10.0. The van der Waals surface area contributed by atoms with E-state index in [0.717, 1.165) is 11.1 Å². The van der Waals surface area contributed by atoms with Crippen molar-refractivity contribution >= 4 is 5.57 Å². The van der Waals surface area contributed by atoms with Crippen LogP contribution < -0.4 is 0 Å². The molecule has 0 aromatic heterocycles. The number of hydrogen-bond donors (Lipinski definition) is 1. The molecule has 1 N–H and O–H groups in total. The molecule has 0 fully saturated rings. The monoisotopic (exact) mass is 198 g/mol. The summed E-state index contributed by atoms with van der Waals surface area (Å²) >= 11 is 0. The molecule has 1 aliphatic rings. The van der Waals surface area contributed by atoms with Crippen LogP contribution in [0.25, 0.3) is 5.57 Å². The van der Waals surface area contributed by atoms with Crippen LogP contribution in [0.1, 0.15) is 11.1 Å². The minimum absolute atomic E-state index is 0.490. The van der Waals surface area contributed by atoms with Gasteiger partial charge in [-0.15, -0.1) is 0 Å². The second kappa shape index (κ2) is 4.28. The SMILES string of the molecule is Cc1ccc(C2=CC(O)C=CC=C2)cc1. The van der Waals surface area contributed by atoms with Crippen LogP contribution in [-0.4, -0.2) is 11.2 Å². The second-order valence-corrected chi connectivity index (χ2v) is 3.72. The summed E-state index contributed by atoms with van der Waals surface area (Å²) in [5.74, 6) is 0. The molecule has 0 spiro atoms. The Hall–Kier alpha value is -1.60. The van der Waals surface area contributed by atoms with Gasteiger partial charge in [-0.2, -0.15) is 0 Å². The molecule has 1 aromatic rings. The normalized spacial score (nSPS) is 19.9. The van der Waals surface area contributed by atoms with Crippen LogP contribution in [0.4, 0.5) is 0 Å². The van der Waals surface area contributed by atoms with Crippen molar-refractivity contribution in [1.29, 1.82) is 0 Å². The molecule has 1 atom stereocenters. The fourth-order valence-corrected chi connectivity index (χ4v) is 1.57. The third-order valence-electron chi connectivity index (χ3n) is 2.43. The standard InChI is InChI=1S/C14H14O/c1-11-6-8-12(9-7-11)13-4-2-3-5-14(15)10-13/h2-10,14-15H,1H3. The quantitative estimate of drug-likeness (QED) is 0.735. The lowest BCUT2D eigenvalue weighted by Gasteiger charge is -2.04. The van der Waals surface area contributed by atoms with Crippen molar-refractivity contribution in [2.75, 3.05) is 0 Å². The molecule has 15 heavy (non-hydrogen) atoms. The summed E-state index contributed by atoms with van der Waals surface area (Å²) in [4.78, 5) is 0. The van der Waals surface area contributed by atoms with Crippen LogP contribution in [0.15, 0.2) is 54.6 Å². The van der Waals surface area contributed by atoms with E-state index >= 15 is 0 Å². The van der Waals surface area contributed by atoms with E-state index < -0.39 is 6.10 Å². The van der Waals surface area contributed by atoms with E-state index in [1.165, 1.54) is 5.56 Å². The Morgan fingerprint density at radius 2 is 1.80 bits per heavy atom. The van der Waals surface area contributed by atoms with Gasteiger partial charge in [-0.1, -0.05) is 54.1 Å². The van der Waals surface area contributed by atoms with Gasteiger partial charge in [-0.3, -0.25) is 0 Å². The third-order valence-corrected chi connectivity index (χ3v) is 2.43. The molecule has 1 unspecified atom stereocenters. The molecule has 76 valence electrons. The lowest BCUT2D eigenvalue weighted by molar-refractivity contribution is 0.272. The maximum Gasteiger partial charge on any atom is 0.0914 e. The summed E-state index contributed by atoms with van der Waals surface area (Å²) in [5.41, 5.74) is 3.45. The zero-order chi connectivity index (χ0) is 10.7. The number of allylic oxidation sites excluding steroid dienone is 4. The lowest BCUT2D eigenvalue weighted by Crippen LogP contribution is -1.96. The first-order chi connectivity index (χ1) is 7.25. The van der Waals surface area contributed by atoms with Crippen molar-refractivity contribution < 1.29 is 5.11 Å². The van der Waals surface area contributed by atoms with Crippen LogP contribution in [0, 0.1) is 6.92 Å². The molecule has 1 nitrogen and oxygen atoms in total. The maximum atomic E-state index is 9.57. The molecule has 2 rings (SSSR count). The van der Waals surface area contributed by atoms with Gasteiger partial charge >= 0.3 is 0 Å². The van der Waals surface area contributed by atoms with Gasteiger partial charge in [0.15, 0.2) is 0 Å². The van der Waals surface area contributed by atoms with E-state index in [9.17, 15) is 5.11 Å². The van der Waals surface area contributed by atoms with E-state index in [0.29, 0.717) is 0 Å². The van der Waals surface area contributed by atoms with Gasteiger partial charge in [0.1, 0.15) is 0 Å². The van der Waals surface area contributed by atoms with Gasteiger partial charge in [0.25, 0.3) is 0 Å². The third kappa shape index (κ3) is 2.45. The van der Waals surface area contributed by atoms with Gasteiger partial charge in [-0.05, 0) is 24.1 Å². The first kappa shape index (κ1) is 9.94. The Bertz CT molecular complexity index is 421. The summed E-state index contributed by atoms with van der Waals surface area (Å²) in [6, 6.07) is 8.30. The summed E-state index contributed by atoms with van der Waals surface area (Å²) in [5, 5.41) is 9.57. The van der Waals surface area contributed by atoms with Crippen LogP contribution >= 0.6 is 0 Å². The van der Waals surface area contributed by atoms with E-state index in [4.69, 9.17) is 0 Å². The van der Waals surface area contributed by atoms with Crippen LogP contribution in [0.3, 0.4) is 0 Å². The molecule has 0 radical (unpaired) electrons. The molecule has 0 heterocycles. The Kier molecular flexibility index (Phi) is 2.84. The highest BCUT2D eigenvalue weighted by Gasteiger charge is 2.02. The molecule has 0 bridgehead atoms. The van der Waals surface area contributed by atoms with Crippen LogP contribution in [-0.2, 0) is 0 Å². The molecule has 1 heteroatoms. The van der Waals surface area contributed by atoms with Crippen molar-refractivity contribution in [3.05, 3.63) is 65.8 Å². The maximum absolute atomic E-state index is 9.57. The Labute approximate surface area is 90.1 Å². The molecule has 0 amide bonds. The minimum atomic E-state index is -0.490. The zero-order valence-electron chi connectivity index (χ0n) is 8.72. The fourth-order valence-electron chi connectivity index (χ4n) is 1.57. The van der Waals surface area contributed by atoms with Gasteiger partial charge in [0.05, 0.1) is 6.10 Å². The smallest absolute Gasteiger partial charge is 0.0914 e. The largest absolute Gasteiger partial charge is 0.385 e. The van der Waals surface area contributed by atoms with Crippen molar-refractivity contribution in [2.24, 2.45) is 0 Å². The zero-order valence-corrected chi connectivity index (χ0v) is 8.72. The van der Waals surface area contributed by atoms with E-state index in [1.807, 2.05) is 24.3 Å². The minimum Gasteiger partial charge on any atom is -0.385 e. The van der Waals surface area contributed by atoms with Crippen molar-refractivity contribution in [3.8, 4) is 0 Å². The number of aryl methyl sites for hydroxylation is 1. The topological polar surface area (TPSA) is 20.2 Å². The Balaban J connectivity index is 2.34. The molecule has 1 aromatic carbocycles. The average molecular weight is 198 g/mol. The van der Waals surface area contributed by atoms with Crippen molar-refractivity contribution in [2.45, 2.75) is 13.0 Å². The van der Waals surface area contributed by atoms with E-state index in [1.54, 1.807) is 6.08 Å². The first-order valence-electron chi connectivity index (χ1n) is 5.07. The van der Waals surface area contributed by atoms with Crippen LogP contribution in [0.2, 0.25) is 0 Å². The number of hydrogen-bond acceptors (Lipinski definition) is 1. The summed E-state index contributed by atoms with van der Waals surface area (Å²) < 4.78 is 0. The second-order valence-electron chi connectivity index (χ2n) is 3.72. The Morgan fingerprint density at radius 1 is 1.07 bits per heavy atom. The molecule has 0 saturated heterocycles. The average Bonchev–Trinajstić information content (AvgIpc) is 2.44. The fraction of sp³-hybridized carbons (Fsp3) is 0.143. The molecular formula is C14H14O. The predicted molar refractivity (Wildman–Crippen MR) is 63.4 cm³/mol. The predicted octanol–water partition coefficient (Wildman–Crippen LogP) is 2.87. The molecule has 0 saturated carbocycles. The number of aliphatic hydroxyl groups excluding tert-OH is 1. The highest BCUT2D eigenvalue weighted by Crippen LogP contribution is 2.19. The van der Waals surface area contributed by atoms with Gasteiger partial charge in [-0.25, -0.2) is 0 Å². The van der Waals surface area contributed by atoms with Crippen molar-refractivity contribution in [3.63, 3.8) is 0 Å². The summed E-state index contributed by atoms with van der Waals surface area (Å²) in [7, 11) is 0. The molecule has 1 aliphatic carbocycles.